The zero-order chi connectivity index (χ0) is 22.8. The fourth-order valence-electron chi connectivity index (χ4n) is 4.03. The first kappa shape index (κ1) is 21.3. The van der Waals surface area contributed by atoms with Crippen molar-refractivity contribution in [3.8, 4) is 5.75 Å². The number of Topliss-reactive ketones (excluding diaryl/α,β-unsaturated/α-hetero) is 1. The van der Waals surface area contributed by atoms with Gasteiger partial charge in [-0.15, -0.1) is 0 Å². The highest BCUT2D eigenvalue weighted by Crippen LogP contribution is 2.42. The summed E-state index contributed by atoms with van der Waals surface area (Å²) in [7, 11) is 1.57. The van der Waals surface area contributed by atoms with Crippen LogP contribution < -0.4 is 9.64 Å². The van der Waals surface area contributed by atoms with Gasteiger partial charge >= 0.3 is 0 Å². The van der Waals surface area contributed by atoms with Crippen LogP contribution in [-0.2, 0) is 16.0 Å². The molecule has 1 aliphatic rings. The van der Waals surface area contributed by atoms with Crippen molar-refractivity contribution in [1.82, 2.24) is 4.98 Å². The number of hydrogen-bond acceptors (Lipinski definition) is 5. The second kappa shape index (κ2) is 8.67. The standard InChI is InChI=1S/C26H24N2O4/c1-4-17-5-8-20(9-6-17)28-23(18-11-13-27-14-12-18)22(25(30)26(28)31)24(29)19-7-10-21(32-3)16(2)15-19/h5-15,23,29H,4H2,1-3H3/b24-22-. The molecule has 2 aromatic carbocycles. The van der Waals surface area contributed by atoms with Crippen LogP contribution in [0.25, 0.3) is 5.76 Å². The molecule has 0 bridgehead atoms. The lowest BCUT2D eigenvalue weighted by Gasteiger charge is -2.25. The predicted molar refractivity (Wildman–Crippen MR) is 123 cm³/mol. The minimum atomic E-state index is -0.770. The molecular formula is C26H24N2O4. The molecule has 0 spiro atoms. The second-order valence-electron chi connectivity index (χ2n) is 7.65. The summed E-state index contributed by atoms with van der Waals surface area (Å²) in [6.45, 7) is 3.90. The lowest BCUT2D eigenvalue weighted by Crippen LogP contribution is -2.29. The molecule has 3 aromatic rings. The third-order valence-electron chi connectivity index (χ3n) is 5.76. The first-order chi connectivity index (χ1) is 15.5. The normalized spacial score (nSPS) is 17.6. The molecule has 6 heteroatoms. The third kappa shape index (κ3) is 3.64. The molecular weight excluding hydrogens is 404 g/mol. The lowest BCUT2D eigenvalue weighted by atomic mass is 9.95. The fraction of sp³-hybridized carbons (Fsp3) is 0.192. The van der Waals surface area contributed by atoms with E-state index in [2.05, 4.69) is 11.9 Å². The summed E-state index contributed by atoms with van der Waals surface area (Å²) >= 11 is 0. The quantitative estimate of drug-likeness (QED) is 0.365. The highest BCUT2D eigenvalue weighted by atomic mass is 16.5. The van der Waals surface area contributed by atoms with Gasteiger partial charge < -0.3 is 9.84 Å². The third-order valence-corrected chi connectivity index (χ3v) is 5.76. The van der Waals surface area contributed by atoms with E-state index in [0.29, 0.717) is 22.6 Å². The number of aliphatic hydroxyl groups is 1. The number of aryl methyl sites for hydroxylation is 2. The number of aliphatic hydroxyl groups excluding tert-OH is 1. The highest BCUT2D eigenvalue weighted by Gasteiger charge is 2.46. The van der Waals surface area contributed by atoms with E-state index in [1.807, 2.05) is 31.2 Å². The van der Waals surface area contributed by atoms with Gasteiger partial charge in [-0.3, -0.25) is 19.5 Å². The van der Waals surface area contributed by atoms with Crippen molar-refractivity contribution in [2.45, 2.75) is 26.3 Å². The molecule has 1 atom stereocenters. The monoisotopic (exact) mass is 428 g/mol. The first-order valence-corrected chi connectivity index (χ1v) is 10.4. The number of pyridine rings is 1. The maximum absolute atomic E-state index is 13.2. The highest BCUT2D eigenvalue weighted by molar-refractivity contribution is 6.51. The second-order valence-corrected chi connectivity index (χ2v) is 7.65. The van der Waals surface area contributed by atoms with Gasteiger partial charge in [0.05, 0.1) is 18.7 Å². The molecule has 4 rings (SSSR count). The smallest absolute Gasteiger partial charge is 0.300 e. The van der Waals surface area contributed by atoms with Crippen molar-refractivity contribution in [3.63, 3.8) is 0 Å². The molecule has 1 aromatic heterocycles. The molecule has 0 aliphatic carbocycles. The summed E-state index contributed by atoms with van der Waals surface area (Å²) in [6, 6.07) is 15.4. The van der Waals surface area contributed by atoms with Crippen LogP contribution in [0.3, 0.4) is 0 Å². The van der Waals surface area contributed by atoms with Crippen LogP contribution >= 0.6 is 0 Å². The summed E-state index contributed by atoms with van der Waals surface area (Å²) in [5.74, 6) is -0.951. The molecule has 1 saturated heterocycles. The van der Waals surface area contributed by atoms with Crippen molar-refractivity contribution in [1.29, 1.82) is 0 Å². The van der Waals surface area contributed by atoms with Crippen LogP contribution in [0.4, 0.5) is 5.69 Å². The van der Waals surface area contributed by atoms with E-state index in [9.17, 15) is 14.7 Å². The number of nitrogens with zero attached hydrogens (tertiary/aromatic N) is 2. The Bertz CT molecular complexity index is 1200. The van der Waals surface area contributed by atoms with Gasteiger partial charge in [0, 0.05) is 23.6 Å². The minimum absolute atomic E-state index is 0.0466. The van der Waals surface area contributed by atoms with E-state index in [1.165, 1.54) is 4.90 Å². The van der Waals surface area contributed by atoms with E-state index >= 15 is 0 Å². The Labute approximate surface area is 186 Å². The van der Waals surface area contributed by atoms with Gasteiger partial charge in [-0.25, -0.2) is 0 Å². The fourth-order valence-corrected chi connectivity index (χ4v) is 4.03. The Morgan fingerprint density at radius 2 is 1.75 bits per heavy atom. The number of carbonyl (C=O) groups is 2. The van der Waals surface area contributed by atoms with Gasteiger partial charge in [-0.1, -0.05) is 19.1 Å². The summed E-state index contributed by atoms with van der Waals surface area (Å²) < 4.78 is 5.29. The van der Waals surface area contributed by atoms with Crippen molar-refractivity contribution in [3.05, 3.63) is 94.8 Å². The van der Waals surface area contributed by atoms with E-state index in [1.54, 1.807) is 49.8 Å². The van der Waals surface area contributed by atoms with Crippen molar-refractivity contribution in [2.75, 3.05) is 12.0 Å². The summed E-state index contributed by atoms with van der Waals surface area (Å²) in [4.78, 5) is 31.8. The molecule has 1 unspecified atom stereocenters. The van der Waals surface area contributed by atoms with Crippen molar-refractivity contribution in [2.24, 2.45) is 0 Å². The SMILES string of the molecule is CCc1ccc(N2C(=O)C(=O)/C(=C(\O)c3ccc(OC)c(C)c3)C2c2ccncc2)cc1. The topological polar surface area (TPSA) is 79.7 Å². The number of benzene rings is 2. The number of ketones is 1. The van der Waals surface area contributed by atoms with Crippen LogP contribution in [0.2, 0.25) is 0 Å². The minimum Gasteiger partial charge on any atom is -0.507 e. The Hall–Kier alpha value is -3.93. The van der Waals surface area contributed by atoms with Crippen LogP contribution in [0, 0.1) is 6.92 Å². The number of aromatic nitrogens is 1. The Morgan fingerprint density at radius 3 is 2.34 bits per heavy atom. The molecule has 2 heterocycles. The zero-order valence-electron chi connectivity index (χ0n) is 18.2. The average Bonchev–Trinajstić information content (AvgIpc) is 3.09. The zero-order valence-corrected chi connectivity index (χ0v) is 18.2. The number of rotatable bonds is 5. The number of carbonyl (C=O) groups excluding carboxylic acids is 2. The largest absolute Gasteiger partial charge is 0.507 e. The van der Waals surface area contributed by atoms with Gasteiger partial charge in [0.1, 0.15) is 11.5 Å². The Kier molecular flexibility index (Phi) is 5.77. The summed E-state index contributed by atoms with van der Waals surface area (Å²) in [6.07, 6.45) is 4.07. The van der Waals surface area contributed by atoms with Crippen molar-refractivity contribution >= 4 is 23.1 Å². The maximum atomic E-state index is 13.2. The molecule has 1 aliphatic heterocycles. The maximum Gasteiger partial charge on any atom is 0.300 e. The van der Waals surface area contributed by atoms with Crippen molar-refractivity contribution < 1.29 is 19.4 Å². The van der Waals surface area contributed by atoms with E-state index in [0.717, 1.165) is 17.5 Å². The van der Waals surface area contributed by atoms with Gasteiger partial charge in [-0.05, 0) is 72.5 Å². The molecule has 1 fully saturated rings. The van der Waals surface area contributed by atoms with Crippen LogP contribution in [0.5, 0.6) is 5.75 Å². The van der Waals surface area contributed by atoms with E-state index < -0.39 is 17.7 Å². The molecule has 32 heavy (non-hydrogen) atoms. The van der Waals surface area contributed by atoms with Crippen LogP contribution in [0.1, 0.15) is 35.2 Å². The van der Waals surface area contributed by atoms with E-state index in [4.69, 9.17) is 4.74 Å². The first-order valence-electron chi connectivity index (χ1n) is 10.4. The van der Waals surface area contributed by atoms with E-state index in [-0.39, 0.29) is 11.3 Å². The number of anilines is 1. The number of methoxy groups -OCH3 is 1. The molecule has 0 saturated carbocycles. The number of hydrogen-bond donors (Lipinski definition) is 1. The Balaban J connectivity index is 1.90. The van der Waals surface area contributed by atoms with Crippen LogP contribution in [-0.4, -0.2) is 28.9 Å². The average molecular weight is 428 g/mol. The lowest BCUT2D eigenvalue weighted by molar-refractivity contribution is -0.132. The molecule has 1 N–H and O–H groups in total. The molecule has 0 radical (unpaired) electrons. The van der Waals surface area contributed by atoms with Gasteiger partial charge in [0.2, 0.25) is 0 Å². The molecule has 1 amide bonds. The molecule has 162 valence electrons. The Morgan fingerprint density at radius 1 is 1.06 bits per heavy atom. The summed E-state index contributed by atoms with van der Waals surface area (Å²) in [5, 5.41) is 11.2. The van der Waals surface area contributed by atoms with Gasteiger partial charge in [0.25, 0.3) is 11.7 Å². The number of ether oxygens (including phenoxy) is 1. The predicted octanol–water partition coefficient (Wildman–Crippen LogP) is 4.59. The van der Waals surface area contributed by atoms with Gasteiger partial charge in [-0.2, -0.15) is 0 Å². The van der Waals surface area contributed by atoms with Crippen LogP contribution in [0.15, 0.2) is 72.6 Å². The summed E-state index contributed by atoms with van der Waals surface area (Å²) in [5.41, 5.74) is 3.70. The molecule has 6 nitrogen and oxygen atoms in total. The number of amides is 1. The van der Waals surface area contributed by atoms with Gasteiger partial charge in [0.15, 0.2) is 0 Å².